The molecule has 0 bridgehead atoms. The van der Waals surface area contributed by atoms with E-state index in [9.17, 15) is 0 Å². The fourth-order valence-corrected chi connectivity index (χ4v) is 0. The molecule has 0 saturated heterocycles. The van der Waals surface area contributed by atoms with E-state index in [1.807, 2.05) is 0 Å². The molecule has 0 aliphatic rings. The fourth-order valence-electron chi connectivity index (χ4n) is 0. The fraction of sp³-hybridized carbons (Fsp3) is 0. The predicted molar refractivity (Wildman–Crippen MR) is 2.06 cm³/mol. The molecule has 5 heteroatoms. The first-order valence-corrected chi connectivity index (χ1v) is 0. The van der Waals surface area contributed by atoms with Gasteiger partial charge in [0.05, 0.1) is 0 Å². The second-order valence-corrected chi connectivity index (χ2v) is 0. The van der Waals surface area contributed by atoms with Gasteiger partial charge in [0, 0.05) is 0 Å². The van der Waals surface area contributed by atoms with Crippen molar-refractivity contribution in [1.29, 1.82) is 0 Å². The Kier molecular flexibility index (Phi) is 590. The van der Waals surface area contributed by atoms with Gasteiger partial charge in [-0.3, -0.25) is 0 Å². The first-order valence-electron chi connectivity index (χ1n) is 0. The summed E-state index contributed by atoms with van der Waals surface area (Å²) in [7, 11) is 0. The second-order valence-electron chi connectivity index (χ2n) is 0. The minimum atomic E-state index is 0. The Morgan fingerprint density at radius 3 is 0.600 bits per heavy atom. The molecule has 0 rings (SSSR count). The third kappa shape index (κ3) is 26.0. The molecule has 0 fully saturated rings. The number of hydrogen-bond donors (Lipinski definition) is 0. The SMILES string of the molecule is [La+3].[O-2].[O-2].[O-2].[Ti+3]. The van der Waals surface area contributed by atoms with E-state index >= 15 is 0 Å². The van der Waals surface area contributed by atoms with Crippen LogP contribution < -0.4 is 0 Å². The molecule has 25 valence electrons. The van der Waals surface area contributed by atoms with Crippen molar-refractivity contribution in [2.75, 3.05) is 0 Å². The maximum absolute atomic E-state index is 0. The Labute approximate surface area is 72.9 Å². The van der Waals surface area contributed by atoms with Gasteiger partial charge in [0.15, 0.2) is 0 Å². The Morgan fingerprint density at radius 2 is 0.600 bits per heavy atom. The second kappa shape index (κ2) is 41.5. The van der Waals surface area contributed by atoms with Crippen molar-refractivity contribution in [3.8, 4) is 0 Å². The molecule has 0 aromatic heterocycles. The van der Waals surface area contributed by atoms with E-state index in [1.165, 1.54) is 0 Å². The van der Waals surface area contributed by atoms with Crippen LogP contribution in [0.1, 0.15) is 0 Å². The van der Waals surface area contributed by atoms with Crippen LogP contribution in [0, 0.1) is 35.6 Å². The predicted octanol–water partition coefficient (Wildman–Crippen LogP) is -0.359. The average Bonchev–Trinajstić information content (AvgIpc) is 0. The van der Waals surface area contributed by atoms with Crippen LogP contribution in [0.15, 0.2) is 0 Å². The number of rotatable bonds is 0. The zero-order chi connectivity index (χ0) is 0. The van der Waals surface area contributed by atoms with E-state index in [-0.39, 0.29) is 73.7 Å². The van der Waals surface area contributed by atoms with E-state index in [2.05, 4.69) is 0 Å². The van der Waals surface area contributed by atoms with Crippen molar-refractivity contribution in [1.82, 2.24) is 0 Å². The monoisotopic (exact) mass is 235 g/mol. The van der Waals surface area contributed by atoms with E-state index in [1.54, 1.807) is 0 Å². The molecule has 5 heavy (non-hydrogen) atoms. The minimum Gasteiger partial charge on any atom is -2.00 e. The molecule has 0 aliphatic carbocycles. The van der Waals surface area contributed by atoms with Crippen LogP contribution in [0.4, 0.5) is 0 Å². The summed E-state index contributed by atoms with van der Waals surface area (Å²) in [6.45, 7) is 0. The Hall–Kier alpha value is 1.79. The van der Waals surface area contributed by atoms with Gasteiger partial charge in [0.2, 0.25) is 0 Å². The van der Waals surface area contributed by atoms with Gasteiger partial charge in [-0.25, -0.2) is 0 Å². The quantitative estimate of drug-likeness (QED) is 0.513. The van der Waals surface area contributed by atoms with Gasteiger partial charge in [0.25, 0.3) is 0 Å². The Bertz CT molecular complexity index is 6.85. The van der Waals surface area contributed by atoms with Crippen molar-refractivity contribution in [3.63, 3.8) is 0 Å². The van der Waals surface area contributed by atoms with Gasteiger partial charge < -0.3 is 16.4 Å². The van der Waals surface area contributed by atoms with Crippen LogP contribution in [0.2, 0.25) is 0 Å². The van der Waals surface area contributed by atoms with E-state index in [0.717, 1.165) is 0 Å². The summed E-state index contributed by atoms with van der Waals surface area (Å²) in [4.78, 5) is 0. The molecule has 1 radical (unpaired) electrons. The summed E-state index contributed by atoms with van der Waals surface area (Å²) >= 11 is 0. The normalized spacial score (nSPS) is 0. The molecule has 0 amide bonds. The average molecular weight is 235 g/mol. The zero-order valence-electron chi connectivity index (χ0n) is 2.30. The van der Waals surface area contributed by atoms with E-state index < -0.39 is 0 Å². The summed E-state index contributed by atoms with van der Waals surface area (Å²) in [6, 6.07) is 0. The molecule has 0 spiro atoms. The number of hydrogen-bond acceptors (Lipinski definition) is 0. The molecule has 0 aromatic rings. The van der Waals surface area contributed by atoms with Crippen LogP contribution in [-0.4, -0.2) is 0 Å². The third-order valence-electron chi connectivity index (χ3n) is 0. The van der Waals surface area contributed by atoms with Gasteiger partial charge in [0.1, 0.15) is 0 Å². The standard InChI is InChI=1S/La.3O.Ti/q+3;3*-2;+3. The van der Waals surface area contributed by atoms with Crippen molar-refractivity contribution < 1.29 is 73.7 Å². The summed E-state index contributed by atoms with van der Waals surface area (Å²) < 4.78 is 0. The van der Waals surface area contributed by atoms with Crippen molar-refractivity contribution in [2.24, 2.45) is 0 Å². The van der Waals surface area contributed by atoms with Gasteiger partial charge >= 0.3 is 57.3 Å². The summed E-state index contributed by atoms with van der Waals surface area (Å²) in [5.74, 6) is 0. The molecular weight excluding hydrogens is 235 g/mol. The summed E-state index contributed by atoms with van der Waals surface area (Å²) in [5.41, 5.74) is 0. The minimum absolute atomic E-state index is 0. The molecular formula is LaO3Ti. The van der Waals surface area contributed by atoms with Gasteiger partial charge in [-0.05, 0) is 0 Å². The van der Waals surface area contributed by atoms with Gasteiger partial charge in [-0.1, -0.05) is 0 Å². The van der Waals surface area contributed by atoms with Crippen molar-refractivity contribution in [3.05, 3.63) is 0 Å². The maximum Gasteiger partial charge on any atom is 3.00 e. The third-order valence-corrected chi connectivity index (χ3v) is 0. The first-order chi connectivity index (χ1) is 0. The van der Waals surface area contributed by atoms with E-state index in [4.69, 9.17) is 0 Å². The molecule has 0 N–H and O–H groups in total. The summed E-state index contributed by atoms with van der Waals surface area (Å²) in [5, 5.41) is 0. The first kappa shape index (κ1) is 71.1. The molecule has 0 aromatic carbocycles. The Morgan fingerprint density at radius 1 is 0.600 bits per heavy atom. The largest absolute Gasteiger partial charge is 3.00 e. The van der Waals surface area contributed by atoms with Crippen LogP contribution in [-0.2, 0) is 38.1 Å². The van der Waals surface area contributed by atoms with Crippen molar-refractivity contribution in [2.45, 2.75) is 0 Å². The van der Waals surface area contributed by atoms with E-state index in [0.29, 0.717) is 0 Å². The summed E-state index contributed by atoms with van der Waals surface area (Å²) in [6.07, 6.45) is 0. The van der Waals surface area contributed by atoms with Gasteiger partial charge in [-0.15, -0.1) is 0 Å². The molecule has 0 heterocycles. The molecule has 0 aliphatic heterocycles. The smallest absolute Gasteiger partial charge is 2.00 e. The molecule has 3 nitrogen and oxygen atoms in total. The topological polar surface area (TPSA) is 85.5 Å². The van der Waals surface area contributed by atoms with Crippen molar-refractivity contribution >= 4 is 0 Å². The molecule has 0 unspecified atom stereocenters. The van der Waals surface area contributed by atoms with Crippen LogP contribution >= 0.6 is 0 Å². The zero-order valence-corrected chi connectivity index (χ0v) is 7.49. The molecule has 0 atom stereocenters. The molecule has 0 saturated carbocycles. The van der Waals surface area contributed by atoms with Crippen LogP contribution in [0.25, 0.3) is 0 Å². The van der Waals surface area contributed by atoms with Gasteiger partial charge in [-0.2, -0.15) is 0 Å². The maximum atomic E-state index is 0. The van der Waals surface area contributed by atoms with Crippen LogP contribution in [0.5, 0.6) is 0 Å². The Balaban J connectivity index is 0. The van der Waals surface area contributed by atoms with Crippen LogP contribution in [0.3, 0.4) is 0 Å².